The van der Waals surface area contributed by atoms with Crippen LogP contribution in [0.2, 0.25) is 0 Å². The Bertz CT molecular complexity index is 3130. The average molecular weight is 646 g/mol. The van der Waals surface area contributed by atoms with Gasteiger partial charge in [0.2, 0.25) is 0 Å². The molecule has 3 heterocycles. The highest BCUT2D eigenvalue weighted by Crippen LogP contribution is 2.40. The molecule has 10 rings (SSSR count). The van der Waals surface area contributed by atoms with Gasteiger partial charge < -0.3 is 8.98 Å². The number of fused-ring (bicyclic) bond motifs is 6. The van der Waals surface area contributed by atoms with Crippen LogP contribution in [0.3, 0.4) is 0 Å². The molecule has 3 aromatic heterocycles. The Morgan fingerprint density at radius 3 is 1.88 bits per heavy atom. The SMILES string of the molecule is [2H]c1c([2H])c([2H])c(-c2nc(-c3ccccc3)nc(-c3ccc4oc5cccc(-n6c7ccccc7c7cc(-c8ccccc8)ccc76)c5c4c3)n2)c([2H])c1[2H]. The summed E-state index contributed by atoms with van der Waals surface area (Å²) < 4.78 is 50.8. The minimum Gasteiger partial charge on any atom is -0.456 e. The van der Waals surface area contributed by atoms with Crippen LogP contribution in [-0.4, -0.2) is 19.5 Å². The van der Waals surface area contributed by atoms with Gasteiger partial charge in [-0.15, -0.1) is 0 Å². The fourth-order valence-electron chi connectivity index (χ4n) is 6.87. The van der Waals surface area contributed by atoms with Gasteiger partial charge in [0, 0.05) is 32.8 Å². The number of rotatable bonds is 5. The Balaban J connectivity index is 1.21. The Kier molecular flexibility index (Phi) is 5.35. The molecule has 234 valence electrons. The first-order valence-electron chi connectivity index (χ1n) is 18.8. The van der Waals surface area contributed by atoms with Crippen molar-refractivity contribution in [1.29, 1.82) is 0 Å². The molecule has 0 aliphatic carbocycles. The van der Waals surface area contributed by atoms with E-state index >= 15 is 0 Å². The van der Waals surface area contributed by atoms with Crippen LogP contribution in [0.15, 0.2) is 174 Å². The summed E-state index contributed by atoms with van der Waals surface area (Å²) in [6.07, 6.45) is 0. The van der Waals surface area contributed by atoms with Crippen molar-refractivity contribution < 1.29 is 11.3 Å². The van der Waals surface area contributed by atoms with E-state index in [1.54, 1.807) is 0 Å². The third kappa shape index (κ3) is 4.60. The van der Waals surface area contributed by atoms with Crippen LogP contribution in [0.5, 0.6) is 0 Å². The second kappa shape index (κ2) is 11.4. The lowest BCUT2D eigenvalue weighted by Gasteiger charge is -2.11. The largest absolute Gasteiger partial charge is 0.456 e. The zero-order chi connectivity index (χ0) is 37.4. The summed E-state index contributed by atoms with van der Waals surface area (Å²) in [5, 5.41) is 4.04. The number of hydrogen-bond acceptors (Lipinski definition) is 4. The van der Waals surface area contributed by atoms with Gasteiger partial charge in [-0.1, -0.05) is 121 Å². The fourth-order valence-corrected chi connectivity index (χ4v) is 6.87. The molecular formula is C45H28N4O. The highest BCUT2D eigenvalue weighted by molar-refractivity contribution is 6.15. The van der Waals surface area contributed by atoms with Gasteiger partial charge >= 0.3 is 0 Å². The van der Waals surface area contributed by atoms with E-state index in [9.17, 15) is 0 Å². The van der Waals surface area contributed by atoms with Gasteiger partial charge in [0.25, 0.3) is 0 Å². The minimum atomic E-state index is -0.482. The molecule has 0 saturated carbocycles. The summed E-state index contributed by atoms with van der Waals surface area (Å²) in [4.78, 5) is 14.3. The minimum absolute atomic E-state index is 0.0150. The van der Waals surface area contributed by atoms with Crippen molar-refractivity contribution in [1.82, 2.24) is 19.5 Å². The van der Waals surface area contributed by atoms with E-state index in [2.05, 4.69) is 82.3 Å². The van der Waals surface area contributed by atoms with E-state index in [0.29, 0.717) is 22.5 Å². The monoisotopic (exact) mass is 645 g/mol. The van der Waals surface area contributed by atoms with Crippen LogP contribution in [0.1, 0.15) is 6.85 Å². The molecule has 0 spiro atoms. The normalized spacial score (nSPS) is 13.0. The molecule has 0 atom stereocenters. The lowest BCUT2D eigenvalue weighted by molar-refractivity contribution is 0.669. The maximum absolute atomic E-state index is 8.67. The maximum atomic E-state index is 8.67. The number of para-hydroxylation sites is 1. The van der Waals surface area contributed by atoms with E-state index in [1.807, 2.05) is 66.7 Å². The van der Waals surface area contributed by atoms with Crippen molar-refractivity contribution in [3.63, 3.8) is 0 Å². The van der Waals surface area contributed by atoms with Crippen LogP contribution >= 0.6 is 0 Å². The second-order valence-electron chi connectivity index (χ2n) is 12.1. The van der Waals surface area contributed by atoms with Crippen LogP contribution in [-0.2, 0) is 0 Å². The van der Waals surface area contributed by atoms with Crippen molar-refractivity contribution in [2.24, 2.45) is 0 Å². The molecule has 7 aromatic carbocycles. The molecule has 0 unspecified atom stereocenters. The number of hydrogen-bond donors (Lipinski definition) is 0. The van der Waals surface area contributed by atoms with Crippen LogP contribution in [0.25, 0.3) is 94.7 Å². The molecule has 5 nitrogen and oxygen atoms in total. The van der Waals surface area contributed by atoms with Gasteiger partial charge in [0.05, 0.1) is 29.0 Å². The van der Waals surface area contributed by atoms with E-state index in [1.165, 1.54) is 0 Å². The van der Waals surface area contributed by atoms with Crippen LogP contribution in [0, 0.1) is 0 Å². The third-order valence-electron chi connectivity index (χ3n) is 9.14. The lowest BCUT2D eigenvalue weighted by Crippen LogP contribution is -2.00. The molecule has 10 aromatic rings. The summed E-state index contributed by atoms with van der Waals surface area (Å²) in [6.45, 7) is 0. The van der Waals surface area contributed by atoms with E-state index in [0.717, 1.165) is 55.0 Å². The zero-order valence-corrected chi connectivity index (χ0v) is 26.5. The van der Waals surface area contributed by atoms with Crippen LogP contribution < -0.4 is 0 Å². The first kappa shape index (κ1) is 23.5. The summed E-state index contributed by atoms with van der Waals surface area (Å²) in [6, 6.07) is 44.4. The van der Waals surface area contributed by atoms with Crippen molar-refractivity contribution in [3.8, 4) is 51.0 Å². The predicted molar refractivity (Wildman–Crippen MR) is 203 cm³/mol. The Morgan fingerprint density at radius 2 is 1.08 bits per heavy atom. The van der Waals surface area contributed by atoms with Gasteiger partial charge in [-0.25, -0.2) is 15.0 Å². The molecule has 0 amide bonds. The highest BCUT2D eigenvalue weighted by atomic mass is 16.3. The van der Waals surface area contributed by atoms with Gasteiger partial charge in [-0.3, -0.25) is 0 Å². The smallest absolute Gasteiger partial charge is 0.164 e. The number of benzene rings is 7. The second-order valence-corrected chi connectivity index (χ2v) is 12.1. The van der Waals surface area contributed by atoms with Crippen molar-refractivity contribution in [2.75, 3.05) is 0 Å². The van der Waals surface area contributed by atoms with E-state index in [-0.39, 0.29) is 29.3 Å². The Labute approximate surface area is 294 Å². The standard InChI is InChI=1S/C45H28N4O/c1-4-13-29(14-5-1)32-23-25-38-35(27-32)34-19-10-11-20-37(34)49(38)39-21-12-22-41-42(39)36-28-33(24-26-40(36)50-41)45-47-43(30-15-6-2-7-16-30)46-44(48-45)31-17-8-3-9-18-31/h1-28H/i2D,6D,7D,15D,16D. The first-order chi connectivity index (χ1) is 26.9. The number of furan rings is 1. The average Bonchev–Trinajstić information content (AvgIpc) is 3.78. The summed E-state index contributed by atoms with van der Waals surface area (Å²) in [5.41, 5.74) is 8.02. The fraction of sp³-hybridized carbons (Fsp3) is 0. The quantitative estimate of drug-likeness (QED) is 0.187. The Morgan fingerprint density at radius 1 is 0.440 bits per heavy atom. The van der Waals surface area contributed by atoms with Gasteiger partial charge in [0.15, 0.2) is 17.5 Å². The van der Waals surface area contributed by atoms with Crippen LogP contribution in [0.4, 0.5) is 0 Å². The molecule has 5 heteroatoms. The Hall–Kier alpha value is -6.85. The summed E-state index contributed by atoms with van der Waals surface area (Å²) >= 11 is 0. The molecule has 0 fully saturated rings. The maximum Gasteiger partial charge on any atom is 0.164 e. The van der Waals surface area contributed by atoms with E-state index in [4.69, 9.17) is 21.2 Å². The topological polar surface area (TPSA) is 56.7 Å². The van der Waals surface area contributed by atoms with Crippen molar-refractivity contribution in [3.05, 3.63) is 170 Å². The third-order valence-corrected chi connectivity index (χ3v) is 9.14. The number of nitrogens with zero attached hydrogens (tertiary/aromatic N) is 4. The zero-order valence-electron chi connectivity index (χ0n) is 31.5. The highest BCUT2D eigenvalue weighted by Gasteiger charge is 2.20. The molecular weight excluding hydrogens is 613 g/mol. The summed E-state index contributed by atoms with van der Waals surface area (Å²) in [7, 11) is 0. The van der Waals surface area contributed by atoms with Gasteiger partial charge in [0.1, 0.15) is 11.2 Å². The predicted octanol–water partition coefficient (Wildman–Crippen LogP) is 11.5. The molecule has 0 aliphatic rings. The van der Waals surface area contributed by atoms with Gasteiger partial charge in [-0.05, 0) is 59.7 Å². The molecule has 0 radical (unpaired) electrons. The molecule has 0 saturated heterocycles. The first-order valence-corrected chi connectivity index (χ1v) is 16.3. The molecule has 50 heavy (non-hydrogen) atoms. The lowest BCUT2D eigenvalue weighted by atomic mass is 10.0. The summed E-state index contributed by atoms with van der Waals surface area (Å²) in [5.74, 6) is 0.582. The van der Waals surface area contributed by atoms with Gasteiger partial charge in [-0.2, -0.15) is 0 Å². The molecule has 0 aliphatic heterocycles. The number of aromatic nitrogens is 4. The van der Waals surface area contributed by atoms with E-state index < -0.39 is 18.1 Å². The molecule has 0 bridgehead atoms. The van der Waals surface area contributed by atoms with Crippen molar-refractivity contribution in [2.45, 2.75) is 0 Å². The molecule has 0 N–H and O–H groups in total. The van der Waals surface area contributed by atoms with Crippen molar-refractivity contribution >= 4 is 43.7 Å².